The van der Waals surface area contributed by atoms with Gasteiger partial charge in [-0.1, -0.05) is 47.5 Å². The number of nitrogens with zero attached hydrogens (tertiary/aromatic N) is 5. The van der Waals surface area contributed by atoms with Crippen LogP contribution in [0.4, 0.5) is 26.3 Å². The summed E-state index contributed by atoms with van der Waals surface area (Å²) in [6.45, 7) is 9.05. The van der Waals surface area contributed by atoms with Gasteiger partial charge in [0.2, 0.25) is 11.8 Å². The van der Waals surface area contributed by atoms with Crippen LogP contribution in [0.25, 0.3) is 0 Å². The molecule has 4 aromatic carbocycles. The summed E-state index contributed by atoms with van der Waals surface area (Å²) in [5.74, 6) is -2.24. The van der Waals surface area contributed by atoms with Crippen LogP contribution in [0.3, 0.4) is 0 Å². The number of carbonyl (C=O) groups excluding carboxylic acids is 4. The normalized spacial score (nSPS) is 20.9. The van der Waals surface area contributed by atoms with E-state index < -0.39 is 47.4 Å². The van der Waals surface area contributed by atoms with E-state index in [1.807, 2.05) is 29.2 Å². The summed E-state index contributed by atoms with van der Waals surface area (Å²) in [6, 6.07) is 20.8. The highest BCUT2D eigenvalue weighted by Crippen LogP contribution is 2.41. The molecule has 0 bridgehead atoms. The summed E-state index contributed by atoms with van der Waals surface area (Å²) in [6.07, 6.45) is -6.26. The number of hydrogen-bond donors (Lipinski definition) is 1. The number of benzene rings is 4. The molecule has 4 fully saturated rings. The fraction of sp³-hybridized carbons (Fsp3) is 0.491. The maximum absolute atomic E-state index is 13.6. The van der Waals surface area contributed by atoms with Crippen LogP contribution in [-0.2, 0) is 21.9 Å². The molecule has 4 aliphatic heterocycles. The Morgan fingerprint density at radius 2 is 0.960 bits per heavy atom. The Bertz CT molecular complexity index is 2640. The number of rotatable bonds is 11. The molecule has 75 heavy (non-hydrogen) atoms. The van der Waals surface area contributed by atoms with Crippen molar-refractivity contribution < 1.29 is 55.0 Å². The van der Waals surface area contributed by atoms with Gasteiger partial charge in [-0.2, -0.15) is 26.3 Å². The first-order valence-electron chi connectivity index (χ1n) is 25.1. The molecular formula is C55H64Cl2F6N6O6. The van der Waals surface area contributed by atoms with E-state index in [0.29, 0.717) is 42.3 Å². The molecule has 20 heteroatoms. The number of piperidine rings is 2. The summed E-state index contributed by atoms with van der Waals surface area (Å²) in [7, 11) is 5.47. The molecule has 1 N–H and O–H groups in total. The number of likely N-dealkylation sites (tertiary alicyclic amines) is 3. The number of likely N-dealkylation sites (N-methyl/N-ethyl adjacent to an activating group) is 2. The summed E-state index contributed by atoms with van der Waals surface area (Å²) in [5, 5.41) is 4.40. The van der Waals surface area contributed by atoms with Crippen LogP contribution in [0.5, 0.6) is 11.5 Å². The van der Waals surface area contributed by atoms with Crippen molar-refractivity contribution in [2.45, 2.75) is 81.8 Å². The second kappa shape index (κ2) is 24.2. The fourth-order valence-corrected chi connectivity index (χ4v) is 11.1. The summed E-state index contributed by atoms with van der Waals surface area (Å²) in [5.41, 5.74) is -0.368. The maximum atomic E-state index is 13.6. The Morgan fingerprint density at radius 3 is 1.31 bits per heavy atom. The highest BCUT2D eigenvalue weighted by Gasteiger charge is 2.45. The van der Waals surface area contributed by atoms with Crippen molar-refractivity contribution in [2.75, 3.05) is 80.7 Å². The molecule has 0 radical (unpaired) electrons. The van der Waals surface area contributed by atoms with Gasteiger partial charge in [0.25, 0.3) is 11.8 Å². The first-order valence-corrected chi connectivity index (χ1v) is 25.8. The third kappa shape index (κ3) is 13.3. The van der Waals surface area contributed by atoms with Crippen molar-refractivity contribution in [3.63, 3.8) is 0 Å². The third-order valence-electron chi connectivity index (χ3n) is 15.2. The van der Waals surface area contributed by atoms with E-state index in [0.717, 1.165) is 101 Å². The zero-order valence-electron chi connectivity index (χ0n) is 42.8. The highest BCUT2D eigenvalue weighted by molar-refractivity contribution is 6.30. The molecule has 4 atom stereocenters. The van der Waals surface area contributed by atoms with Crippen molar-refractivity contribution in [3.8, 4) is 11.5 Å². The molecule has 0 spiro atoms. The van der Waals surface area contributed by atoms with E-state index in [9.17, 15) is 45.5 Å². The van der Waals surface area contributed by atoms with Gasteiger partial charge in [0, 0.05) is 91.2 Å². The van der Waals surface area contributed by atoms with Crippen LogP contribution in [0.1, 0.15) is 94.3 Å². The van der Waals surface area contributed by atoms with Crippen molar-refractivity contribution in [3.05, 3.63) is 128 Å². The Morgan fingerprint density at radius 1 is 0.587 bits per heavy atom. The van der Waals surface area contributed by atoms with Gasteiger partial charge >= 0.3 is 12.4 Å². The summed E-state index contributed by atoms with van der Waals surface area (Å²) < 4.78 is 91.2. The van der Waals surface area contributed by atoms with Crippen molar-refractivity contribution in [1.82, 2.24) is 29.8 Å². The van der Waals surface area contributed by atoms with Gasteiger partial charge in [0.05, 0.1) is 37.4 Å². The molecule has 4 unspecified atom stereocenters. The minimum Gasteiger partial charge on any atom is -0.496 e. The molecule has 4 amide bonds. The average molecular weight is 1090 g/mol. The fourth-order valence-electron chi connectivity index (χ4n) is 10.9. The van der Waals surface area contributed by atoms with E-state index in [-0.39, 0.29) is 58.1 Å². The SMILES string of the molecule is COc1ccc(C(=O)N(C)C2CN(C(=O)C3CCN(C(C)C)CC3)CC2c2ccc(Cl)cc2)cc1C(F)(F)F.COc1ccc(C(=O)N(C)C2CN(C(=O)C3CCNCC3)CC2c2ccc(Cl)cc2)cc1C(F)(F)F. The van der Waals surface area contributed by atoms with Gasteiger partial charge < -0.3 is 39.3 Å². The number of carbonyl (C=O) groups is 4. The van der Waals surface area contributed by atoms with Crippen molar-refractivity contribution in [2.24, 2.45) is 11.8 Å². The molecule has 4 saturated heterocycles. The van der Waals surface area contributed by atoms with E-state index in [1.165, 1.54) is 21.9 Å². The quantitative estimate of drug-likeness (QED) is 0.148. The molecule has 4 aliphatic rings. The van der Waals surface area contributed by atoms with Gasteiger partial charge in [-0.15, -0.1) is 0 Å². The topological polar surface area (TPSA) is 115 Å². The van der Waals surface area contributed by atoms with E-state index in [2.05, 4.69) is 24.1 Å². The standard InChI is InChI=1S/C29H35ClF3N3O3.C26H29ClF3N3O3/c1-18(2)35-13-11-20(12-14-35)28(38)36-16-23(19-5-8-22(30)9-6-19)25(17-36)34(3)27(37)21-7-10-26(39-4)24(15-21)29(31,32)33;1-32(24(34)18-5-8-23(36-2)21(13-18)26(28,29)30)22-15-33(25(35)17-9-11-31-12-10-17)14-20(22)16-3-6-19(27)7-4-16/h5-10,15,18,20,23,25H,11-14,16-17H2,1-4H3;3-8,13,17,20,22,31H,9-12,14-15H2,1-2H3. The molecule has 12 nitrogen and oxygen atoms in total. The van der Waals surface area contributed by atoms with Crippen molar-refractivity contribution in [1.29, 1.82) is 0 Å². The molecule has 8 rings (SSSR count). The predicted molar refractivity (Wildman–Crippen MR) is 274 cm³/mol. The average Bonchev–Trinajstić information content (AvgIpc) is 4.06. The number of amides is 4. The Kier molecular flexibility index (Phi) is 18.4. The van der Waals surface area contributed by atoms with Gasteiger partial charge in [0.15, 0.2) is 0 Å². The first-order chi connectivity index (χ1) is 35.5. The minimum atomic E-state index is -4.67. The lowest BCUT2D eigenvalue weighted by atomic mass is 9.93. The van der Waals surface area contributed by atoms with Crippen LogP contribution in [-0.4, -0.2) is 147 Å². The van der Waals surface area contributed by atoms with Gasteiger partial charge in [-0.05, 0) is 138 Å². The number of hydrogen-bond acceptors (Lipinski definition) is 8. The number of alkyl halides is 6. The van der Waals surface area contributed by atoms with E-state index in [4.69, 9.17) is 32.7 Å². The van der Waals surface area contributed by atoms with Crippen molar-refractivity contribution >= 4 is 46.8 Å². The molecule has 0 saturated carbocycles. The Hall–Kier alpha value is -5.56. The van der Waals surface area contributed by atoms with E-state index in [1.54, 1.807) is 43.3 Å². The maximum Gasteiger partial charge on any atom is 0.419 e. The summed E-state index contributed by atoms with van der Waals surface area (Å²) in [4.78, 5) is 62.7. The van der Waals surface area contributed by atoms with Crippen LogP contribution < -0.4 is 14.8 Å². The van der Waals surface area contributed by atoms with Crippen LogP contribution in [0.15, 0.2) is 84.9 Å². The lowest BCUT2D eigenvalue weighted by Gasteiger charge is -2.35. The Balaban J connectivity index is 0.000000219. The molecule has 4 aromatic rings. The van der Waals surface area contributed by atoms with Crippen LogP contribution in [0, 0.1) is 11.8 Å². The van der Waals surface area contributed by atoms with Gasteiger partial charge in [-0.25, -0.2) is 0 Å². The molecule has 4 heterocycles. The van der Waals surface area contributed by atoms with Gasteiger partial charge in [-0.3, -0.25) is 19.2 Å². The second-order valence-corrected chi connectivity index (χ2v) is 20.9. The molecular weight excluding hydrogens is 1030 g/mol. The minimum absolute atomic E-state index is 0.0580. The number of ether oxygens (including phenoxy) is 2. The van der Waals surface area contributed by atoms with Gasteiger partial charge in [0.1, 0.15) is 11.5 Å². The van der Waals surface area contributed by atoms with Crippen LogP contribution >= 0.6 is 23.2 Å². The molecule has 406 valence electrons. The summed E-state index contributed by atoms with van der Waals surface area (Å²) >= 11 is 12.2. The first kappa shape index (κ1) is 57.2. The predicted octanol–water partition coefficient (Wildman–Crippen LogP) is 9.99. The monoisotopic (exact) mass is 1090 g/mol. The molecule has 0 aliphatic carbocycles. The number of nitrogens with one attached hydrogen (secondary N) is 1. The number of halogens is 8. The third-order valence-corrected chi connectivity index (χ3v) is 15.7. The zero-order chi connectivity index (χ0) is 54.5. The van der Waals surface area contributed by atoms with Crippen LogP contribution in [0.2, 0.25) is 10.0 Å². The lowest BCUT2D eigenvalue weighted by Crippen LogP contribution is -2.45. The lowest BCUT2D eigenvalue weighted by molar-refractivity contribution is -0.139. The van der Waals surface area contributed by atoms with E-state index >= 15 is 0 Å². The highest BCUT2D eigenvalue weighted by atomic mass is 35.5. The largest absolute Gasteiger partial charge is 0.496 e. The zero-order valence-corrected chi connectivity index (χ0v) is 44.3. The Labute approximate surface area is 444 Å². The second-order valence-electron chi connectivity index (χ2n) is 20.0. The molecule has 0 aromatic heterocycles. The smallest absolute Gasteiger partial charge is 0.419 e. The number of methoxy groups -OCH3 is 2.